The fraction of sp³-hybridized carbons (Fsp3) is 0. The van der Waals surface area contributed by atoms with E-state index >= 15 is 0 Å². The van der Waals surface area contributed by atoms with Gasteiger partial charge in [0.15, 0.2) is 0 Å². The van der Waals surface area contributed by atoms with Crippen molar-refractivity contribution in [2.45, 2.75) is 0 Å². The average Bonchev–Trinajstić information content (AvgIpc) is 3.52. The second-order valence-electron chi connectivity index (χ2n) is 6.72. The Labute approximate surface area is 169 Å². The van der Waals surface area contributed by atoms with Gasteiger partial charge in [0.1, 0.15) is 11.2 Å². The number of aromatic amines is 2. The summed E-state index contributed by atoms with van der Waals surface area (Å²) in [6.45, 7) is 0. The zero-order chi connectivity index (χ0) is 19.2. The van der Waals surface area contributed by atoms with Gasteiger partial charge < -0.3 is 4.98 Å². The van der Waals surface area contributed by atoms with E-state index in [4.69, 9.17) is 4.98 Å². The summed E-state index contributed by atoms with van der Waals surface area (Å²) in [4.78, 5) is 17.1. The standard InChI is InChI=1S/C22H14N6S/c1-2-7-24-16(3-1)17-4-5-18-21(26-17)22(28-27-18)19-9-14-15(13-6-8-29-12-13)10-23-11-20(14)25-19/h1-12,25H,(H,27,28). The van der Waals surface area contributed by atoms with Gasteiger partial charge in [-0.3, -0.25) is 15.1 Å². The molecule has 0 radical (unpaired) electrons. The molecule has 0 fully saturated rings. The van der Waals surface area contributed by atoms with Gasteiger partial charge in [-0.1, -0.05) is 6.07 Å². The molecule has 6 heterocycles. The molecule has 7 heteroatoms. The van der Waals surface area contributed by atoms with Crippen molar-refractivity contribution in [3.8, 4) is 33.9 Å². The Bertz CT molecular complexity index is 1450. The molecule has 6 nitrogen and oxygen atoms in total. The first-order valence-corrected chi connectivity index (χ1v) is 10.1. The van der Waals surface area contributed by atoms with Crippen LogP contribution in [0.3, 0.4) is 0 Å². The first-order valence-electron chi connectivity index (χ1n) is 9.13. The molecule has 6 aromatic heterocycles. The summed E-state index contributed by atoms with van der Waals surface area (Å²) in [5, 5.41) is 12.9. The van der Waals surface area contributed by atoms with Crippen molar-refractivity contribution in [3.05, 3.63) is 71.8 Å². The van der Waals surface area contributed by atoms with Crippen LogP contribution in [0.1, 0.15) is 0 Å². The maximum absolute atomic E-state index is 4.83. The van der Waals surface area contributed by atoms with Gasteiger partial charge in [-0.05, 0) is 52.7 Å². The molecule has 29 heavy (non-hydrogen) atoms. The fourth-order valence-electron chi connectivity index (χ4n) is 3.57. The normalized spacial score (nSPS) is 11.4. The smallest absolute Gasteiger partial charge is 0.135 e. The van der Waals surface area contributed by atoms with Crippen LogP contribution in [0.15, 0.2) is 71.8 Å². The van der Waals surface area contributed by atoms with Crippen molar-refractivity contribution in [1.29, 1.82) is 0 Å². The number of hydrogen-bond donors (Lipinski definition) is 2. The summed E-state index contributed by atoms with van der Waals surface area (Å²) >= 11 is 1.68. The van der Waals surface area contributed by atoms with Gasteiger partial charge in [0.2, 0.25) is 0 Å². The van der Waals surface area contributed by atoms with Crippen molar-refractivity contribution in [2.75, 3.05) is 0 Å². The first kappa shape index (κ1) is 16.1. The van der Waals surface area contributed by atoms with Gasteiger partial charge in [0.05, 0.1) is 34.3 Å². The molecule has 0 aliphatic rings. The summed E-state index contributed by atoms with van der Waals surface area (Å²) in [5.41, 5.74) is 8.28. The lowest BCUT2D eigenvalue weighted by atomic mass is 10.1. The zero-order valence-corrected chi connectivity index (χ0v) is 15.9. The van der Waals surface area contributed by atoms with Crippen LogP contribution in [0.4, 0.5) is 0 Å². The second kappa shape index (κ2) is 6.35. The summed E-state index contributed by atoms with van der Waals surface area (Å²) in [6, 6.07) is 14.0. The molecule has 138 valence electrons. The summed E-state index contributed by atoms with van der Waals surface area (Å²) < 4.78 is 0. The Morgan fingerprint density at radius 3 is 2.79 bits per heavy atom. The highest BCUT2D eigenvalue weighted by Gasteiger charge is 2.15. The van der Waals surface area contributed by atoms with Gasteiger partial charge in [-0.25, -0.2) is 4.98 Å². The van der Waals surface area contributed by atoms with Crippen LogP contribution in [0.2, 0.25) is 0 Å². The van der Waals surface area contributed by atoms with E-state index in [9.17, 15) is 0 Å². The lowest BCUT2D eigenvalue weighted by Crippen LogP contribution is -1.87. The van der Waals surface area contributed by atoms with Crippen molar-refractivity contribution < 1.29 is 0 Å². The minimum Gasteiger partial charge on any atom is -0.352 e. The minimum atomic E-state index is 0.783. The molecule has 2 N–H and O–H groups in total. The molecule has 0 saturated carbocycles. The van der Waals surface area contributed by atoms with Crippen LogP contribution < -0.4 is 0 Å². The Hall–Kier alpha value is -3.84. The van der Waals surface area contributed by atoms with Gasteiger partial charge in [-0.2, -0.15) is 16.4 Å². The molecule has 6 rings (SSSR count). The number of nitrogens with zero attached hydrogens (tertiary/aromatic N) is 4. The van der Waals surface area contributed by atoms with Crippen molar-refractivity contribution in [3.63, 3.8) is 0 Å². The van der Waals surface area contributed by atoms with Crippen LogP contribution in [0.5, 0.6) is 0 Å². The van der Waals surface area contributed by atoms with Crippen molar-refractivity contribution in [1.82, 2.24) is 30.1 Å². The maximum Gasteiger partial charge on any atom is 0.135 e. The summed E-state index contributed by atoms with van der Waals surface area (Å²) in [7, 11) is 0. The van der Waals surface area contributed by atoms with Gasteiger partial charge in [0, 0.05) is 23.3 Å². The average molecular weight is 394 g/mol. The maximum atomic E-state index is 4.83. The lowest BCUT2D eigenvalue weighted by molar-refractivity contribution is 1.12. The Kier molecular flexibility index (Phi) is 3.54. The van der Waals surface area contributed by atoms with Crippen LogP contribution >= 0.6 is 11.3 Å². The molecular formula is C22H14N6S. The zero-order valence-electron chi connectivity index (χ0n) is 15.1. The molecule has 0 unspecified atom stereocenters. The van der Waals surface area contributed by atoms with Crippen molar-refractivity contribution >= 4 is 33.3 Å². The van der Waals surface area contributed by atoms with E-state index in [1.807, 2.05) is 42.7 Å². The lowest BCUT2D eigenvalue weighted by Gasteiger charge is -2.00. The van der Waals surface area contributed by atoms with E-state index in [-0.39, 0.29) is 0 Å². The molecule has 0 amide bonds. The van der Waals surface area contributed by atoms with E-state index in [1.54, 1.807) is 17.5 Å². The molecule has 0 aliphatic carbocycles. The number of pyridine rings is 3. The third kappa shape index (κ3) is 2.63. The molecular weight excluding hydrogens is 380 g/mol. The Morgan fingerprint density at radius 1 is 0.931 bits per heavy atom. The van der Waals surface area contributed by atoms with Crippen LogP contribution in [-0.4, -0.2) is 30.1 Å². The molecule has 0 aliphatic heterocycles. The fourth-order valence-corrected chi connectivity index (χ4v) is 4.23. The summed E-state index contributed by atoms with van der Waals surface area (Å²) in [5.74, 6) is 0. The molecule has 0 bridgehead atoms. The van der Waals surface area contributed by atoms with E-state index in [0.29, 0.717) is 0 Å². The highest BCUT2D eigenvalue weighted by molar-refractivity contribution is 7.08. The number of thiophene rings is 1. The first-order chi connectivity index (χ1) is 14.4. The molecule has 0 atom stereocenters. The molecule has 6 aromatic rings. The van der Waals surface area contributed by atoms with Gasteiger partial charge in [0.25, 0.3) is 0 Å². The molecule has 0 spiro atoms. The van der Waals surface area contributed by atoms with Crippen LogP contribution in [0.25, 0.3) is 55.8 Å². The predicted molar refractivity (Wildman–Crippen MR) is 116 cm³/mol. The Balaban J connectivity index is 1.53. The highest BCUT2D eigenvalue weighted by Crippen LogP contribution is 2.34. The third-order valence-corrected chi connectivity index (χ3v) is 5.65. The number of fused-ring (bicyclic) bond motifs is 2. The van der Waals surface area contributed by atoms with Gasteiger partial charge >= 0.3 is 0 Å². The number of hydrogen-bond acceptors (Lipinski definition) is 5. The van der Waals surface area contributed by atoms with E-state index < -0.39 is 0 Å². The van der Waals surface area contributed by atoms with Crippen LogP contribution in [0, 0.1) is 0 Å². The van der Waals surface area contributed by atoms with E-state index in [2.05, 4.69) is 48.0 Å². The number of nitrogens with one attached hydrogen (secondary N) is 2. The predicted octanol–water partition coefficient (Wildman–Crippen LogP) is 5.29. The number of aromatic nitrogens is 6. The van der Waals surface area contributed by atoms with E-state index in [0.717, 1.165) is 50.3 Å². The third-order valence-electron chi connectivity index (χ3n) is 4.97. The second-order valence-corrected chi connectivity index (χ2v) is 7.50. The van der Waals surface area contributed by atoms with Crippen molar-refractivity contribution in [2.24, 2.45) is 0 Å². The van der Waals surface area contributed by atoms with Gasteiger partial charge in [-0.15, -0.1) is 0 Å². The van der Waals surface area contributed by atoms with Crippen LogP contribution in [-0.2, 0) is 0 Å². The minimum absolute atomic E-state index is 0.783. The largest absolute Gasteiger partial charge is 0.352 e. The highest BCUT2D eigenvalue weighted by atomic mass is 32.1. The Morgan fingerprint density at radius 2 is 1.93 bits per heavy atom. The molecule has 0 aromatic carbocycles. The monoisotopic (exact) mass is 394 g/mol. The quantitative estimate of drug-likeness (QED) is 0.427. The topological polar surface area (TPSA) is 83.1 Å². The summed E-state index contributed by atoms with van der Waals surface area (Å²) in [6.07, 6.45) is 5.52. The SMILES string of the molecule is c1ccc(-c2ccc3[nH]nc(-c4cc5c(-c6ccsc6)cncc5[nH]4)c3n2)nc1. The number of rotatable bonds is 3. The molecule has 0 saturated heterocycles. The number of H-pyrrole nitrogens is 2. The van der Waals surface area contributed by atoms with E-state index in [1.165, 1.54) is 5.56 Å².